The summed E-state index contributed by atoms with van der Waals surface area (Å²) in [6, 6.07) is 0. The molecule has 1 heterocycles. The SMILES string of the molecule is [B]c1nc(C(=O)NC([B])C(=O)O)c(O)c([B])c1-c1c([B])c([B])c([B])c(F)c1[B]. The Morgan fingerprint density at radius 2 is 1.50 bits per heavy atom. The van der Waals surface area contributed by atoms with E-state index in [0.717, 1.165) is 0 Å². The molecule has 3 N–H and O–H groups in total. The second kappa shape index (κ2) is 7.85. The topological polar surface area (TPSA) is 99.5 Å². The molecule has 0 saturated heterocycles. The average molecular weight is 359 g/mol. The number of benzene rings is 1. The van der Waals surface area contributed by atoms with Crippen molar-refractivity contribution in [3.63, 3.8) is 0 Å². The van der Waals surface area contributed by atoms with E-state index in [9.17, 15) is 19.1 Å². The number of aromatic hydroxyl groups is 1. The molecule has 0 aliphatic carbocycles. The minimum atomic E-state index is -1.78. The first-order chi connectivity index (χ1) is 12.9. The van der Waals surface area contributed by atoms with Crippen LogP contribution in [0, 0.1) is 5.82 Å². The molecule has 0 spiro atoms. The van der Waals surface area contributed by atoms with Crippen LogP contribution < -0.4 is 38.2 Å². The lowest BCUT2D eigenvalue weighted by molar-refractivity contribution is -0.137. The summed E-state index contributed by atoms with van der Waals surface area (Å²) in [5, 5.41) is 20.8. The third-order valence-corrected chi connectivity index (χ3v) is 3.85. The Kier molecular flexibility index (Phi) is 6.11. The number of aromatic nitrogens is 1. The van der Waals surface area contributed by atoms with Gasteiger partial charge >= 0.3 is 5.97 Å². The van der Waals surface area contributed by atoms with Crippen LogP contribution in [-0.4, -0.2) is 87.9 Å². The largest absolute Gasteiger partial charge is 0.506 e. The van der Waals surface area contributed by atoms with Crippen molar-refractivity contribution < 1.29 is 24.2 Å². The molecule has 2 rings (SSSR count). The van der Waals surface area contributed by atoms with Crippen LogP contribution in [0.15, 0.2) is 0 Å². The van der Waals surface area contributed by atoms with Gasteiger partial charge in [0.05, 0.1) is 5.94 Å². The summed E-state index contributed by atoms with van der Waals surface area (Å²) in [6.07, 6.45) is 0. The quantitative estimate of drug-likeness (QED) is 0.472. The van der Waals surface area contributed by atoms with Gasteiger partial charge in [-0.1, -0.05) is 16.4 Å². The van der Waals surface area contributed by atoms with Gasteiger partial charge in [-0.15, -0.1) is 5.46 Å². The second-order valence-corrected chi connectivity index (χ2v) is 5.62. The Labute approximate surface area is 168 Å². The van der Waals surface area contributed by atoms with Crippen LogP contribution in [0.5, 0.6) is 5.75 Å². The van der Waals surface area contributed by atoms with Crippen LogP contribution in [0.4, 0.5) is 4.39 Å². The second-order valence-electron chi connectivity index (χ2n) is 5.62. The van der Waals surface area contributed by atoms with Crippen molar-refractivity contribution in [3.8, 4) is 16.9 Å². The third kappa shape index (κ3) is 3.60. The molecule has 1 atom stereocenters. The lowest BCUT2D eigenvalue weighted by Gasteiger charge is -2.23. The molecule has 0 fully saturated rings. The van der Waals surface area contributed by atoms with E-state index in [1.54, 1.807) is 0 Å². The Morgan fingerprint density at radius 3 is 2.04 bits per heavy atom. The van der Waals surface area contributed by atoms with E-state index in [-0.39, 0.29) is 22.1 Å². The molecule has 1 amide bonds. The Balaban J connectivity index is 2.71. The van der Waals surface area contributed by atoms with Crippen molar-refractivity contribution in [1.29, 1.82) is 0 Å². The minimum Gasteiger partial charge on any atom is -0.506 e. The molecule has 14 radical (unpaired) electrons. The number of carbonyl (C=O) groups excluding carboxylic acids is 1. The molecule has 0 aliphatic heterocycles. The molecule has 1 aromatic heterocycles. The predicted octanol–water partition coefficient (Wildman–Crippen LogP) is -6.33. The Morgan fingerprint density at radius 1 is 0.929 bits per heavy atom. The van der Waals surface area contributed by atoms with Gasteiger partial charge in [0.25, 0.3) is 5.91 Å². The summed E-state index contributed by atoms with van der Waals surface area (Å²) < 4.78 is 14.2. The highest BCUT2D eigenvalue weighted by atomic mass is 19.1. The van der Waals surface area contributed by atoms with E-state index < -0.39 is 57.1 Å². The molecule has 122 valence electrons. The van der Waals surface area contributed by atoms with E-state index in [1.165, 1.54) is 0 Å². The standard InChI is InChI=1S/C14H4B7FN2O4/c15-3-1(4(16)8(22)7(19)6(3)18)2-5(17)10(25)9(23-11(2)20)13(26)24-12(21)14(27)28/h12,25H,(H,24,26)(H,27,28). The summed E-state index contributed by atoms with van der Waals surface area (Å²) >= 11 is 0. The van der Waals surface area contributed by atoms with E-state index in [4.69, 9.17) is 60.0 Å². The number of hydrogen-bond donors (Lipinski definition) is 3. The van der Waals surface area contributed by atoms with Gasteiger partial charge in [0.15, 0.2) is 5.69 Å². The number of hydrogen-bond acceptors (Lipinski definition) is 4. The Bertz CT molecular complexity index is 989. The van der Waals surface area contributed by atoms with E-state index in [0.29, 0.717) is 0 Å². The fraction of sp³-hybridized carbons (Fsp3) is 0.0714. The Hall–Kier alpha value is -2.51. The van der Waals surface area contributed by atoms with Crippen molar-refractivity contribution in [3.05, 3.63) is 11.5 Å². The number of aliphatic carboxylic acids is 1. The summed E-state index contributed by atoms with van der Waals surface area (Å²) in [6.45, 7) is 0. The minimum absolute atomic E-state index is 0.277. The maximum atomic E-state index is 14.2. The summed E-state index contributed by atoms with van der Waals surface area (Å²) in [5.41, 5.74) is -3.99. The van der Waals surface area contributed by atoms with Gasteiger partial charge in [0.1, 0.15) is 66.5 Å². The van der Waals surface area contributed by atoms with E-state index in [2.05, 4.69) is 4.98 Å². The normalized spacial score (nSPS) is 11.8. The molecule has 0 aliphatic rings. The number of carboxylic acid groups (broad SMARTS) is 1. The summed E-state index contributed by atoms with van der Waals surface area (Å²) in [4.78, 5) is 26.5. The van der Waals surface area contributed by atoms with E-state index >= 15 is 0 Å². The first-order valence-corrected chi connectivity index (χ1v) is 7.38. The molecule has 28 heavy (non-hydrogen) atoms. The van der Waals surface area contributed by atoms with E-state index in [1.807, 2.05) is 5.32 Å². The highest BCUT2D eigenvalue weighted by molar-refractivity contribution is 6.62. The zero-order chi connectivity index (χ0) is 21.5. The van der Waals surface area contributed by atoms with Crippen LogP contribution in [0.2, 0.25) is 0 Å². The van der Waals surface area contributed by atoms with Crippen LogP contribution in [-0.2, 0) is 4.79 Å². The number of nitrogens with one attached hydrogen (secondary N) is 1. The van der Waals surface area contributed by atoms with Gasteiger partial charge in [-0.05, 0) is 22.2 Å². The smallest absolute Gasteiger partial charge is 0.316 e. The van der Waals surface area contributed by atoms with Gasteiger partial charge in [0.2, 0.25) is 0 Å². The van der Waals surface area contributed by atoms with Crippen LogP contribution >= 0.6 is 0 Å². The fourth-order valence-corrected chi connectivity index (χ4v) is 2.37. The zero-order valence-corrected chi connectivity index (χ0v) is 14.2. The highest BCUT2D eigenvalue weighted by Crippen LogP contribution is 2.17. The number of halogens is 1. The van der Waals surface area contributed by atoms with Crippen LogP contribution in [0.25, 0.3) is 11.1 Å². The average Bonchev–Trinajstić information content (AvgIpc) is 2.63. The number of carbonyl (C=O) groups is 2. The number of amides is 1. The van der Waals surface area contributed by atoms with Gasteiger partial charge < -0.3 is 15.5 Å². The van der Waals surface area contributed by atoms with Crippen LogP contribution in [0.1, 0.15) is 10.5 Å². The molecular weight excluding hydrogens is 355 g/mol. The highest BCUT2D eigenvalue weighted by Gasteiger charge is 2.24. The van der Waals surface area contributed by atoms with Crippen molar-refractivity contribution in [2.45, 2.75) is 5.94 Å². The van der Waals surface area contributed by atoms with Gasteiger partial charge in [0, 0.05) is 0 Å². The molecular formula is C14H4B7FN2O4. The molecule has 14 heteroatoms. The predicted molar refractivity (Wildman–Crippen MR) is 108 cm³/mol. The van der Waals surface area contributed by atoms with Gasteiger partial charge in [-0.2, -0.15) is 0 Å². The third-order valence-electron chi connectivity index (χ3n) is 3.85. The van der Waals surface area contributed by atoms with Gasteiger partial charge in [-0.25, -0.2) is 4.39 Å². The molecule has 0 saturated carbocycles. The summed E-state index contributed by atoms with van der Waals surface area (Å²) in [5.74, 6) is -6.49. The lowest BCUT2D eigenvalue weighted by Crippen LogP contribution is -2.48. The zero-order valence-electron chi connectivity index (χ0n) is 14.2. The fourth-order valence-electron chi connectivity index (χ4n) is 2.37. The maximum absolute atomic E-state index is 14.2. The number of nitrogens with zero attached hydrogens (tertiary/aromatic N) is 1. The van der Waals surface area contributed by atoms with Crippen molar-refractivity contribution in [1.82, 2.24) is 10.3 Å². The molecule has 1 unspecified atom stereocenters. The first-order valence-electron chi connectivity index (χ1n) is 7.38. The molecule has 0 bridgehead atoms. The van der Waals surface area contributed by atoms with Crippen LogP contribution in [0.3, 0.4) is 0 Å². The number of rotatable bonds is 4. The molecule has 2 aromatic rings. The molecule has 6 nitrogen and oxygen atoms in total. The number of pyridine rings is 1. The van der Waals surface area contributed by atoms with Crippen molar-refractivity contribution >= 4 is 99.7 Å². The first kappa shape index (κ1) is 21.8. The summed E-state index contributed by atoms with van der Waals surface area (Å²) in [7, 11) is 39.4. The van der Waals surface area contributed by atoms with Gasteiger partial charge in [-0.3, -0.25) is 14.6 Å². The maximum Gasteiger partial charge on any atom is 0.316 e. The lowest BCUT2D eigenvalue weighted by atomic mass is 9.63. The van der Waals surface area contributed by atoms with Crippen molar-refractivity contribution in [2.75, 3.05) is 0 Å². The molecule has 1 aromatic carbocycles. The van der Waals surface area contributed by atoms with Crippen molar-refractivity contribution in [2.24, 2.45) is 0 Å². The monoisotopic (exact) mass is 360 g/mol. The number of carboxylic acids is 1.